The van der Waals surface area contributed by atoms with Gasteiger partial charge in [0, 0.05) is 6.20 Å². The molecule has 4 amide bonds. The number of halogens is 1. The number of pyridine rings is 1. The number of nitrogens with one attached hydrogen (secondary N) is 2. The molecular weight excluding hydrogens is 356 g/mol. The van der Waals surface area contributed by atoms with Crippen LogP contribution in [0, 0.1) is 6.92 Å². The predicted octanol–water partition coefficient (Wildman–Crippen LogP) is 2.45. The number of nitrogens with zero attached hydrogens (tertiary/aromatic N) is 2. The van der Waals surface area contributed by atoms with Gasteiger partial charge in [-0.15, -0.1) is 0 Å². The van der Waals surface area contributed by atoms with Crippen molar-refractivity contribution in [2.24, 2.45) is 0 Å². The Morgan fingerprint density at radius 1 is 1.27 bits per heavy atom. The molecule has 134 valence electrons. The maximum absolute atomic E-state index is 12.8. The number of hydrogen-bond acceptors (Lipinski definition) is 4. The van der Waals surface area contributed by atoms with E-state index < -0.39 is 29.9 Å². The molecule has 1 saturated heterocycles. The van der Waals surface area contributed by atoms with Crippen molar-refractivity contribution in [3.63, 3.8) is 0 Å². The lowest BCUT2D eigenvalue weighted by atomic mass is 9.91. The second-order valence-electron chi connectivity index (χ2n) is 6.20. The van der Waals surface area contributed by atoms with E-state index in [2.05, 4.69) is 15.6 Å². The molecule has 3 rings (SSSR count). The standard InChI is InChI=1S/C18H17ClN4O3/c1-11-5-7-12(8-6-11)18(2)16(25)23(17(26)22-18)10-14(24)21-13-4-3-9-20-15(13)19/h3-9H,10H2,1-2H3,(H,21,24)(H,22,26)/t18-/m1/s1. The Hall–Kier alpha value is -2.93. The van der Waals surface area contributed by atoms with Crippen molar-refractivity contribution < 1.29 is 14.4 Å². The van der Waals surface area contributed by atoms with Crippen LogP contribution in [0.15, 0.2) is 42.6 Å². The highest BCUT2D eigenvalue weighted by atomic mass is 35.5. The summed E-state index contributed by atoms with van der Waals surface area (Å²) in [5, 5.41) is 5.34. The first-order valence-electron chi connectivity index (χ1n) is 7.93. The SMILES string of the molecule is Cc1ccc([C@@]2(C)NC(=O)N(CC(=O)Nc3cccnc3Cl)C2=O)cc1. The molecule has 0 saturated carbocycles. The summed E-state index contributed by atoms with van der Waals surface area (Å²) in [6.07, 6.45) is 1.49. The van der Waals surface area contributed by atoms with Crippen LogP contribution in [0.1, 0.15) is 18.1 Å². The molecule has 2 heterocycles. The summed E-state index contributed by atoms with van der Waals surface area (Å²) >= 11 is 5.89. The number of carbonyl (C=O) groups excluding carboxylic acids is 3. The third-order valence-corrected chi connectivity index (χ3v) is 4.54. The topological polar surface area (TPSA) is 91.4 Å². The summed E-state index contributed by atoms with van der Waals surface area (Å²) in [6, 6.07) is 9.86. The van der Waals surface area contributed by atoms with Crippen LogP contribution in [-0.2, 0) is 15.1 Å². The number of hydrogen-bond donors (Lipinski definition) is 2. The van der Waals surface area contributed by atoms with Crippen molar-refractivity contribution in [1.29, 1.82) is 0 Å². The molecule has 0 unspecified atom stereocenters. The van der Waals surface area contributed by atoms with Crippen LogP contribution in [-0.4, -0.2) is 34.3 Å². The summed E-state index contributed by atoms with van der Waals surface area (Å²) in [7, 11) is 0. The van der Waals surface area contributed by atoms with Gasteiger partial charge in [-0.25, -0.2) is 9.78 Å². The summed E-state index contributed by atoms with van der Waals surface area (Å²) in [5.41, 5.74) is 0.794. The maximum atomic E-state index is 12.8. The van der Waals surface area contributed by atoms with E-state index in [4.69, 9.17) is 11.6 Å². The van der Waals surface area contributed by atoms with Gasteiger partial charge in [-0.3, -0.25) is 14.5 Å². The van der Waals surface area contributed by atoms with Crippen LogP contribution in [0.25, 0.3) is 0 Å². The van der Waals surface area contributed by atoms with Crippen molar-refractivity contribution >= 4 is 35.1 Å². The Kier molecular flexibility index (Phi) is 4.65. The van der Waals surface area contributed by atoms with Crippen molar-refractivity contribution in [2.75, 3.05) is 11.9 Å². The minimum absolute atomic E-state index is 0.127. The van der Waals surface area contributed by atoms with Crippen LogP contribution in [0.5, 0.6) is 0 Å². The Morgan fingerprint density at radius 2 is 1.96 bits per heavy atom. The minimum Gasteiger partial charge on any atom is -0.322 e. The molecule has 8 heteroatoms. The molecule has 1 atom stereocenters. The molecule has 7 nitrogen and oxygen atoms in total. The van der Waals surface area contributed by atoms with Crippen LogP contribution >= 0.6 is 11.6 Å². The fourth-order valence-electron chi connectivity index (χ4n) is 2.74. The number of anilines is 1. The molecular formula is C18H17ClN4O3. The molecule has 1 aliphatic heterocycles. The number of benzene rings is 1. The van der Waals surface area contributed by atoms with Gasteiger partial charge in [0.25, 0.3) is 5.91 Å². The monoisotopic (exact) mass is 372 g/mol. The van der Waals surface area contributed by atoms with Gasteiger partial charge in [-0.1, -0.05) is 41.4 Å². The summed E-state index contributed by atoms with van der Waals surface area (Å²) < 4.78 is 0. The van der Waals surface area contributed by atoms with E-state index in [1.165, 1.54) is 6.20 Å². The lowest BCUT2D eigenvalue weighted by Gasteiger charge is -2.22. The van der Waals surface area contributed by atoms with Gasteiger partial charge in [-0.05, 0) is 31.5 Å². The molecule has 2 aromatic rings. The number of aromatic nitrogens is 1. The van der Waals surface area contributed by atoms with Gasteiger partial charge in [0.15, 0.2) is 5.15 Å². The third kappa shape index (κ3) is 3.25. The normalized spacial score (nSPS) is 19.4. The molecule has 0 spiro atoms. The number of aryl methyl sites for hydroxylation is 1. The second-order valence-corrected chi connectivity index (χ2v) is 6.56. The minimum atomic E-state index is -1.21. The van der Waals surface area contributed by atoms with E-state index in [0.29, 0.717) is 11.3 Å². The predicted molar refractivity (Wildman–Crippen MR) is 96.7 cm³/mol. The number of amides is 4. The van der Waals surface area contributed by atoms with Gasteiger partial charge >= 0.3 is 6.03 Å². The van der Waals surface area contributed by atoms with Crippen molar-refractivity contribution in [2.45, 2.75) is 19.4 Å². The van der Waals surface area contributed by atoms with Crippen LogP contribution in [0.3, 0.4) is 0 Å². The van der Waals surface area contributed by atoms with E-state index in [1.807, 2.05) is 19.1 Å². The van der Waals surface area contributed by atoms with Crippen LogP contribution in [0.4, 0.5) is 10.5 Å². The number of urea groups is 1. The highest BCUT2D eigenvalue weighted by Gasteiger charge is 2.49. The molecule has 0 radical (unpaired) electrons. The van der Waals surface area contributed by atoms with E-state index in [-0.39, 0.29) is 5.15 Å². The van der Waals surface area contributed by atoms with E-state index in [0.717, 1.165) is 10.5 Å². The Bertz CT molecular complexity index is 884. The van der Waals surface area contributed by atoms with E-state index >= 15 is 0 Å². The smallest absolute Gasteiger partial charge is 0.322 e. The number of rotatable bonds is 4. The summed E-state index contributed by atoms with van der Waals surface area (Å²) in [5.74, 6) is -1.03. The van der Waals surface area contributed by atoms with Crippen molar-refractivity contribution in [3.05, 3.63) is 58.9 Å². The van der Waals surface area contributed by atoms with Gasteiger partial charge in [0.2, 0.25) is 5.91 Å². The van der Waals surface area contributed by atoms with Crippen molar-refractivity contribution in [1.82, 2.24) is 15.2 Å². The van der Waals surface area contributed by atoms with E-state index in [1.54, 1.807) is 31.2 Å². The highest BCUT2D eigenvalue weighted by molar-refractivity contribution is 6.32. The first-order valence-corrected chi connectivity index (χ1v) is 8.30. The second kappa shape index (κ2) is 6.76. The molecule has 0 bridgehead atoms. The number of carbonyl (C=O) groups is 3. The zero-order valence-electron chi connectivity index (χ0n) is 14.2. The molecule has 1 fully saturated rings. The molecule has 1 aromatic carbocycles. The maximum Gasteiger partial charge on any atom is 0.325 e. The van der Waals surface area contributed by atoms with E-state index in [9.17, 15) is 14.4 Å². The molecule has 2 N–H and O–H groups in total. The zero-order chi connectivity index (χ0) is 18.9. The highest BCUT2D eigenvalue weighted by Crippen LogP contribution is 2.29. The van der Waals surface area contributed by atoms with Gasteiger partial charge < -0.3 is 10.6 Å². The Labute approximate surface area is 155 Å². The largest absolute Gasteiger partial charge is 0.325 e. The Balaban J connectivity index is 1.76. The quantitative estimate of drug-likeness (QED) is 0.637. The first kappa shape index (κ1) is 17.9. The molecule has 1 aliphatic rings. The fraction of sp³-hybridized carbons (Fsp3) is 0.222. The average Bonchev–Trinajstić information content (AvgIpc) is 2.82. The molecule has 1 aromatic heterocycles. The fourth-order valence-corrected chi connectivity index (χ4v) is 2.90. The average molecular weight is 373 g/mol. The lowest BCUT2D eigenvalue weighted by Crippen LogP contribution is -2.42. The lowest BCUT2D eigenvalue weighted by molar-refractivity contribution is -0.133. The zero-order valence-corrected chi connectivity index (χ0v) is 15.0. The molecule has 26 heavy (non-hydrogen) atoms. The summed E-state index contributed by atoms with van der Waals surface area (Å²) in [4.78, 5) is 42.0. The molecule has 0 aliphatic carbocycles. The Morgan fingerprint density at radius 3 is 2.62 bits per heavy atom. The first-order chi connectivity index (χ1) is 12.3. The van der Waals surface area contributed by atoms with Crippen LogP contribution in [0.2, 0.25) is 5.15 Å². The third-order valence-electron chi connectivity index (χ3n) is 4.24. The van der Waals surface area contributed by atoms with Crippen LogP contribution < -0.4 is 10.6 Å². The summed E-state index contributed by atoms with van der Waals surface area (Å²) in [6.45, 7) is 3.13. The van der Waals surface area contributed by atoms with Gasteiger partial charge in [-0.2, -0.15) is 0 Å². The number of imide groups is 1. The van der Waals surface area contributed by atoms with Gasteiger partial charge in [0.05, 0.1) is 5.69 Å². The van der Waals surface area contributed by atoms with Gasteiger partial charge in [0.1, 0.15) is 12.1 Å². The van der Waals surface area contributed by atoms with Crippen molar-refractivity contribution in [3.8, 4) is 0 Å².